The molecule has 94 valence electrons. The van der Waals surface area contributed by atoms with Gasteiger partial charge in [0.15, 0.2) is 0 Å². The van der Waals surface area contributed by atoms with E-state index < -0.39 is 0 Å². The summed E-state index contributed by atoms with van der Waals surface area (Å²) in [6.07, 6.45) is 3.00. The first-order chi connectivity index (χ1) is 8.15. The molecule has 0 heterocycles. The molecule has 0 atom stereocenters. The molecule has 0 radical (unpaired) electrons. The van der Waals surface area contributed by atoms with E-state index in [1.54, 1.807) is 0 Å². The summed E-state index contributed by atoms with van der Waals surface area (Å²) < 4.78 is 5.64. The van der Waals surface area contributed by atoms with Crippen molar-refractivity contribution in [2.75, 3.05) is 6.61 Å². The lowest BCUT2D eigenvalue weighted by atomic mass is 9.76. The zero-order valence-electron chi connectivity index (χ0n) is 10.4. The first-order valence-corrected chi connectivity index (χ1v) is 6.35. The second-order valence-corrected chi connectivity index (χ2v) is 4.82. The average molecular weight is 235 g/mol. The molecule has 0 aliphatic heterocycles. The Morgan fingerprint density at radius 3 is 2.65 bits per heavy atom. The maximum absolute atomic E-state index is 9.57. The molecule has 1 fully saturated rings. The predicted octanol–water partition coefficient (Wildman–Crippen LogP) is 2.17. The first kappa shape index (κ1) is 12.4. The van der Waals surface area contributed by atoms with Gasteiger partial charge in [0.1, 0.15) is 5.75 Å². The molecule has 1 aromatic rings. The van der Waals surface area contributed by atoms with Crippen LogP contribution in [0.2, 0.25) is 0 Å². The molecule has 3 heteroatoms. The van der Waals surface area contributed by atoms with Gasteiger partial charge in [-0.2, -0.15) is 0 Å². The molecular weight excluding hydrogens is 214 g/mol. The van der Waals surface area contributed by atoms with Crippen LogP contribution in [0.1, 0.15) is 38.2 Å². The number of benzene rings is 1. The molecule has 1 aliphatic carbocycles. The van der Waals surface area contributed by atoms with Crippen LogP contribution < -0.4 is 10.5 Å². The molecule has 0 bridgehead atoms. The number of aliphatic hydroxyl groups excluding tert-OH is 1. The molecule has 1 aromatic carbocycles. The maximum atomic E-state index is 9.57. The van der Waals surface area contributed by atoms with Crippen molar-refractivity contribution in [1.29, 1.82) is 0 Å². The summed E-state index contributed by atoms with van der Waals surface area (Å²) in [7, 11) is 0. The zero-order chi connectivity index (χ0) is 12.3. The van der Waals surface area contributed by atoms with Crippen LogP contribution in [-0.4, -0.2) is 17.8 Å². The molecule has 0 unspecified atom stereocenters. The third-order valence-corrected chi connectivity index (χ3v) is 3.57. The highest BCUT2D eigenvalue weighted by Gasteiger charge is 2.34. The smallest absolute Gasteiger partial charge is 0.124 e. The van der Waals surface area contributed by atoms with E-state index in [9.17, 15) is 5.11 Å². The third kappa shape index (κ3) is 2.61. The number of ether oxygens (including phenoxy) is 1. The van der Waals surface area contributed by atoms with E-state index in [1.807, 2.05) is 31.2 Å². The maximum Gasteiger partial charge on any atom is 0.124 e. The summed E-state index contributed by atoms with van der Waals surface area (Å²) in [6, 6.07) is 7.98. The fraction of sp³-hybridized carbons (Fsp3) is 0.571. The largest absolute Gasteiger partial charge is 0.494 e. The molecule has 17 heavy (non-hydrogen) atoms. The summed E-state index contributed by atoms with van der Waals surface area (Å²) in [6.45, 7) is 2.63. The van der Waals surface area contributed by atoms with Crippen molar-refractivity contribution >= 4 is 0 Å². The lowest BCUT2D eigenvalue weighted by molar-refractivity contribution is 0.0957. The molecule has 2 rings (SSSR count). The van der Waals surface area contributed by atoms with Gasteiger partial charge in [-0.05, 0) is 38.7 Å². The summed E-state index contributed by atoms with van der Waals surface area (Å²) in [4.78, 5) is 0. The van der Waals surface area contributed by atoms with Gasteiger partial charge in [0, 0.05) is 11.1 Å². The van der Waals surface area contributed by atoms with Crippen LogP contribution in [0, 0.1) is 0 Å². The number of aliphatic hydroxyl groups is 1. The van der Waals surface area contributed by atoms with Crippen molar-refractivity contribution in [2.45, 2.75) is 44.2 Å². The van der Waals surface area contributed by atoms with E-state index in [0.29, 0.717) is 6.61 Å². The van der Waals surface area contributed by atoms with Crippen LogP contribution in [0.4, 0.5) is 0 Å². The fourth-order valence-electron chi connectivity index (χ4n) is 2.55. The van der Waals surface area contributed by atoms with Crippen LogP contribution in [-0.2, 0) is 5.54 Å². The molecule has 1 saturated carbocycles. The van der Waals surface area contributed by atoms with Crippen LogP contribution in [0.5, 0.6) is 5.75 Å². The van der Waals surface area contributed by atoms with Crippen molar-refractivity contribution in [2.24, 2.45) is 5.73 Å². The minimum atomic E-state index is -0.342. The Labute approximate surface area is 103 Å². The Bertz CT molecular complexity index is 370. The van der Waals surface area contributed by atoms with Gasteiger partial charge in [-0.3, -0.25) is 0 Å². The van der Waals surface area contributed by atoms with Crippen molar-refractivity contribution in [3.8, 4) is 5.75 Å². The second kappa shape index (κ2) is 5.07. The van der Waals surface area contributed by atoms with Gasteiger partial charge in [-0.25, -0.2) is 0 Å². The van der Waals surface area contributed by atoms with E-state index in [2.05, 4.69) is 0 Å². The van der Waals surface area contributed by atoms with Crippen LogP contribution in [0.15, 0.2) is 24.3 Å². The topological polar surface area (TPSA) is 55.5 Å². The summed E-state index contributed by atoms with van der Waals surface area (Å²) in [5, 5.41) is 9.57. The molecule has 3 N–H and O–H groups in total. The number of rotatable bonds is 3. The van der Waals surface area contributed by atoms with Gasteiger partial charge in [0.2, 0.25) is 0 Å². The summed E-state index contributed by atoms with van der Waals surface area (Å²) in [5.41, 5.74) is 7.22. The van der Waals surface area contributed by atoms with Gasteiger partial charge >= 0.3 is 0 Å². The molecule has 0 saturated heterocycles. The van der Waals surface area contributed by atoms with Crippen molar-refractivity contribution in [1.82, 2.24) is 0 Å². The normalized spacial score (nSPS) is 29.0. The molecule has 3 nitrogen and oxygen atoms in total. The van der Waals surface area contributed by atoms with Gasteiger partial charge in [0.05, 0.1) is 12.7 Å². The van der Waals surface area contributed by atoms with E-state index in [-0.39, 0.29) is 11.6 Å². The Kier molecular flexibility index (Phi) is 3.69. The van der Waals surface area contributed by atoms with E-state index >= 15 is 0 Å². The number of hydrogen-bond acceptors (Lipinski definition) is 3. The molecule has 0 spiro atoms. The third-order valence-electron chi connectivity index (χ3n) is 3.57. The minimum absolute atomic E-state index is 0.189. The van der Waals surface area contributed by atoms with Crippen molar-refractivity contribution in [3.63, 3.8) is 0 Å². The average Bonchev–Trinajstić information content (AvgIpc) is 2.34. The zero-order valence-corrected chi connectivity index (χ0v) is 10.4. The minimum Gasteiger partial charge on any atom is -0.494 e. The molecular formula is C14H21NO2. The lowest BCUT2D eigenvalue weighted by Crippen LogP contribution is -2.41. The monoisotopic (exact) mass is 235 g/mol. The van der Waals surface area contributed by atoms with Crippen LogP contribution in [0.25, 0.3) is 0 Å². The van der Waals surface area contributed by atoms with Gasteiger partial charge in [-0.15, -0.1) is 0 Å². The predicted molar refractivity (Wildman–Crippen MR) is 68.0 cm³/mol. The SMILES string of the molecule is CCOc1ccccc1C1(N)CCC(O)CC1. The molecule has 0 aromatic heterocycles. The van der Waals surface area contributed by atoms with Gasteiger partial charge < -0.3 is 15.6 Å². The van der Waals surface area contributed by atoms with E-state index in [1.165, 1.54) is 0 Å². The standard InChI is InChI=1S/C14H21NO2/c1-2-17-13-6-4-3-5-12(13)14(15)9-7-11(16)8-10-14/h3-6,11,16H,2,7-10,15H2,1H3. The van der Waals surface area contributed by atoms with Crippen molar-refractivity contribution in [3.05, 3.63) is 29.8 Å². The Morgan fingerprint density at radius 1 is 1.35 bits per heavy atom. The van der Waals surface area contributed by atoms with Crippen LogP contribution >= 0.6 is 0 Å². The first-order valence-electron chi connectivity index (χ1n) is 6.35. The molecule has 1 aliphatic rings. The number of nitrogens with two attached hydrogens (primary N) is 1. The molecule has 0 amide bonds. The number of hydrogen-bond donors (Lipinski definition) is 2. The highest BCUT2D eigenvalue weighted by atomic mass is 16.5. The fourth-order valence-corrected chi connectivity index (χ4v) is 2.55. The highest BCUT2D eigenvalue weighted by Crippen LogP contribution is 2.39. The van der Waals surface area contributed by atoms with E-state index in [0.717, 1.165) is 37.0 Å². The van der Waals surface area contributed by atoms with Gasteiger partial charge in [-0.1, -0.05) is 18.2 Å². The van der Waals surface area contributed by atoms with Crippen LogP contribution in [0.3, 0.4) is 0 Å². The Morgan fingerprint density at radius 2 is 2.00 bits per heavy atom. The Hall–Kier alpha value is -1.06. The number of para-hydroxylation sites is 1. The Balaban J connectivity index is 2.26. The summed E-state index contributed by atoms with van der Waals surface area (Å²) >= 11 is 0. The summed E-state index contributed by atoms with van der Waals surface area (Å²) in [5.74, 6) is 0.883. The van der Waals surface area contributed by atoms with E-state index in [4.69, 9.17) is 10.5 Å². The quantitative estimate of drug-likeness (QED) is 0.844. The second-order valence-electron chi connectivity index (χ2n) is 4.82. The van der Waals surface area contributed by atoms with Crippen molar-refractivity contribution < 1.29 is 9.84 Å². The van der Waals surface area contributed by atoms with Gasteiger partial charge in [0.25, 0.3) is 0 Å². The highest BCUT2D eigenvalue weighted by molar-refractivity contribution is 5.39. The lowest BCUT2D eigenvalue weighted by Gasteiger charge is -2.36.